The third-order valence-electron chi connectivity index (χ3n) is 4.58. The molecule has 3 rings (SSSR count). The Balaban J connectivity index is 1.68. The molecule has 0 aromatic heterocycles. The van der Waals surface area contributed by atoms with Crippen LogP contribution in [0, 0.1) is 11.6 Å². The summed E-state index contributed by atoms with van der Waals surface area (Å²) in [5, 5.41) is 10.3. The minimum atomic E-state index is -0.913. The number of fused-ring (bicyclic) bond motifs is 1. The van der Waals surface area contributed by atoms with Gasteiger partial charge in [0, 0.05) is 19.1 Å². The molecule has 116 valence electrons. The lowest BCUT2D eigenvalue weighted by Crippen LogP contribution is -2.53. The van der Waals surface area contributed by atoms with Crippen LogP contribution in [0.15, 0.2) is 18.2 Å². The van der Waals surface area contributed by atoms with Gasteiger partial charge in [-0.2, -0.15) is 0 Å². The highest BCUT2D eigenvalue weighted by molar-refractivity contribution is 5.20. The zero-order valence-corrected chi connectivity index (χ0v) is 12.0. The van der Waals surface area contributed by atoms with Crippen LogP contribution in [0.2, 0.25) is 0 Å². The molecule has 1 heterocycles. The third kappa shape index (κ3) is 3.25. The van der Waals surface area contributed by atoms with Crippen molar-refractivity contribution in [3.8, 4) is 0 Å². The second-order valence-corrected chi connectivity index (χ2v) is 5.95. The van der Waals surface area contributed by atoms with Gasteiger partial charge in [-0.05, 0) is 30.5 Å². The van der Waals surface area contributed by atoms with Crippen molar-refractivity contribution in [3.63, 3.8) is 0 Å². The number of hydrogen-bond donors (Lipinski definition) is 1. The highest BCUT2D eigenvalue weighted by Gasteiger charge is 2.35. The van der Waals surface area contributed by atoms with Gasteiger partial charge >= 0.3 is 0 Å². The fraction of sp³-hybridized carbons (Fsp3) is 0.625. The Bertz CT molecular complexity index is 495. The monoisotopic (exact) mass is 297 g/mol. The van der Waals surface area contributed by atoms with E-state index in [1.807, 2.05) is 0 Å². The lowest BCUT2D eigenvalue weighted by molar-refractivity contribution is -0.0975. The number of morpholine rings is 1. The molecule has 1 saturated heterocycles. The van der Waals surface area contributed by atoms with Gasteiger partial charge in [-0.3, -0.25) is 4.90 Å². The van der Waals surface area contributed by atoms with Crippen LogP contribution >= 0.6 is 0 Å². The van der Waals surface area contributed by atoms with E-state index in [4.69, 9.17) is 4.74 Å². The SMILES string of the molecule is OC(CN1CCOC2CCCCC21)c1ccc(F)c(F)c1. The Morgan fingerprint density at radius 1 is 1.24 bits per heavy atom. The van der Waals surface area contributed by atoms with Gasteiger partial charge in [0.05, 0.1) is 18.8 Å². The fourth-order valence-corrected chi connectivity index (χ4v) is 3.45. The first kappa shape index (κ1) is 14.9. The number of hydrogen-bond acceptors (Lipinski definition) is 3. The van der Waals surface area contributed by atoms with Crippen molar-refractivity contribution in [2.45, 2.75) is 43.9 Å². The van der Waals surface area contributed by atoms with Gasteiger partial charge in [0.15, 0.2) is 11.6 Å². The van der Waals surface area contributed by atoms with E-state index < -0.39 is 17.7 Å². The second-order valence-electron chi connectivity index (χ2n) is 5.95. The molecule has 3 atom stereocenters. The Morgan fingerprint density at radius 2 is 2.05 bits per heavy atom. The lowest BCUT2D eigenvalue weighted by atomic mass is 9.89. The standard InChI is InChI=1S/C16H21F2NO2/c17-12-6-5-11(9-13(12)18)15(20)10-19-7-8-21-16-4-2-1-3-14(16)19/h5-6,9,14-16,20H,1-4,7-8,10H2. The number of halogens is 2. The predicted molar refractivity (Wildman–Crippen MR) is 74.9 cm³/mol. The number of rotatable bonds is 3. The summed E-state index contributed by atoms with van der Waals surface area (Å²) in [5.41, 5.74) is 0.424. The van der Waals surface area contributed by atoms with Crippen molar-refractivity contribution in [2.75, 3.05) is 19.7 Å². The minimum Gasteiger partial charge on any atom is -0.387 e. The van der Waals surface area contributed by atoms with Crippen LogP contribution in [0.1, 0.15) is 37.4 Å². The van der Waals surface area contributed by atoms with Crippen LogP contribution in [-0.2, 0) is 4.74 Å². The van der Waals surface area contributed by atoms with E-state index in [9.17, 15) is 13.9 Å². The highest BCUT2D eigenvalue weighted by Crippen LogP contribution is 2.30. The summed E-state index contributed by atoms with van der Waals surface area (Å²) in [4.78, 5) is 2.24. The summed E-state index contributed by atoms with van der Waals surface area (Å²) in [6.45, 7) is 1.89. The van der Waals surface area contributed by atoms with Gasteiger partial charge in [0.25, 0.3) is 0 Å². The second kappa shape index (κ2) is 6.38. The van der Waals surface area contributed by atoms with E-state index in [-0.39, 0.29) is 6.10 Å². The quantitative estimate of drug-likeness (QED) is 0.931. The molecule has 0 spiro atoms. The average Bonchev–Trinajstić information content (AvgIpc) is 2.50. The minimum absolute atomic E-state index is 0.254. The van der Waals surface area contributed by atoms with E-state index in [2.05, 4.69) is 4.90 Å². The van der Waals surface area contributed by atoms with E-state index in [0.29, 0.717) is 24.8 Å². The summed E-state index contributed by atoms with van der Waals surface area (Å²) < 4.78 is 32.0. The summed E-state index contributed by atoms with van der Waals surface area (Å²) >= 11 is 0. The van der Waals surface area contributed by atoms with Gasteiger partial charge in [-0.25, -0.2) is 8.78 Å². The molecule has 0 amide bonds. The molecule has 1 aromatic rings. The zero-order chi connectivity index (χ0) is 14.8. The van der Waals surface area contributed by atoms with Crippen molar-refractivity contribution in [2.24, 2.45) is 0 Å². The third-order valence-corrected chi connectivity index (χ3v) is 4.58. The molecule has 2 aliphatic rings. The number of β-amino-alcohol motifs (C(OH)–C–C–N with tert-alkyl or cyclic N) is 1. The molecule has 0 radical (unpaired) electrons. The number of nitrogens with zero attached hydrogens (tertiary/aromatic N) is 1. The zero-order valence-electron chi connectivity index (χ0n) is 12.0. The first-order chi connectivity index (χ1) is 10.1. The lowest BCUT2D eigenvalue weighted by Gasteiger charge is -2.44. The molecule has 1 saturated carbocycles. The van der Waals surface area contributed by atoms with E-state index in [1.165, 1.54) is 18.9 Å². The molecule has 1 aromatic carbocycles. The van der Waals surface area contributed by atoms with E-state index in [0.717, 1.165) is 31.5 Å². The van der Waals surface area contributed by atoms with Gasteiger partial charge < -0.3 is 9.84 Å². The van der Waals surface area contributed by atoms with Crippen molar-refractivity contribution in [1.29, 1.82) is 0 Å². The predicted octanol–water partition coefficient (Wildman–Crippen LogP) is 2.64. The first-order valence-electron chi connectivity index (χ1n) is 7.64. The van der Waals surface area contributed by atoms with Crippen LogP contribution in [-0.4, -0.2) is 41.8 Å². The molecular weight excluding hydrogens is 276 g/mol. The van der Waals surface area contributed by atoms with E-state index in [1.54, 1.807) is 0 Å². The average molecular weight is 297 g/mol. The summed E-state index contributed by atoms with van der Waals surface area (Å²) in [5.74, 6) is -1.80. The molecule has 3 unspecified atom stereocenters. The maximum atomic E-state index is 13.3. The largest absolute Gasteiger partial charge is 0.387 e. The Labute approximate surface area is 123 Å². The molecular formula is C16H21F2NO2. The number of benzene rings is 1. The molecule has 21 heavy (non-hydrogen) atoms. The number of aliphatic hydroxyl groups is 1. The molecule has 5 heteroatoms. The topological polar surface area (TPSA) is 32.7 Å². The number of ether oxygens (including phenoxy) is 1. The van der Waals surface area contributed by atoms with Crippen LogP contribution in [0.5, 0.6) is 0 Å². The normalized spacial score (nSPS) is 28.1. The molecule has 0 bridgehead atoms. The molecule has 1 aliphatic carbocycles. The summed E-state index contributed by atoms with van der Waals surface area (Å²) in [7, 11) is 0. The Morgan fingerprint density at radius 3 is 2.86 bits per heavy atom. The van der Waals surface area contributed by atoms with Crippen molar-refractivity contribution >= 4 is 0 Å². The summed E-state index contributed by atoms with van der Waals surface area (Å²) in [6, 6.07) is 3.93. The highest BCUT2D eigenvalue weighted by atomic mass is 19.2. The van der Waals surface area contributed by atoms with Gasteiger partial charge in [0.2, 0.25) is 0 Å². The van der Waals surface area contributed by atoms with Gasteiger partial charge in [0.1, 0.15) is 0 Å². The Hall–Kier alpha value is -1.04. The fourth-order valence-electron chi connectivity index (χ4n) is 3.45. The molecule has 2 fully saturated rings. The first-order valence-corrected chi connectivity index (χ1v) is 7.64. The van der Waals surface area contributed by atoms with Crippen LogP contribution < -0.4 is 0 Å². The smallest absolute Gasteiger partial charge is 0.159 e. The molecule has 3 nitrogen and oxygen atoms in total. The maximum Gasteiger partial charge on any atom is 0.159 e. The number of aliphatic hydroxyl groups excluding tert-OH is 1. The molecule has 1 N–H and O–H groups in total. The summed E-state index contributed by atoms with van der Waals surface area (Å²) in [6.07, 6.45) is 3.98. The van der Waals surface area contributed by atoms with Crippen LogP contribution in [0.25, 0.3) is 0 Å². The Kier molecular flexibility index (Phi) is 4.52. The van der Waals surface area contributed by atoms with Crippen molar-refractivity contribution in [1.82, 2.24) is 4.90 Å². The molecule has 1 aliphatic heterocycles. The van der Waals surface area contributed by atoms with Crippen LogP contribution in [0.3, 0.4) is 0 Å². The van der Waals surface area contributed by atoms with Gasteiger partial charge in [-0.1, -0.05) is 18.9 Å². The van der Waals surface area contributed by atoms with Crippen molar-refractivity contribution < 1.29 is 18.6 Å². The maximum absolute atomic E-state index is 13.3. The van der Waals surface area contributed by atoms with Crippen molar-refractivity contribution in [3.05, 3.63) is 35.4 Å². The van der Waals surface area contributed by atoms with Crippen LogP contribution in [0.4, 0.5) is 8.78 Å². The van der Waals surface area contributed by atoms with Gasteiger partial charge in [-0.15, -0.1) is 0 Å². The van der Waals surface area contributed by atoms with E-state index >= 15 is 0 Å².